The number of nitrogens with zero attached hydrogens (tertiary/aromatic N) is 3. The summed E-state index contributed by atoms with van der Waals surface area (Å²) >= 11 is 0. The zero-order valence-corrected chi connectivity index (χ0v) is 14.2. The van der Waals surface area contributed by atoms with Crippen molar-refractivity contribution in [2.75, 3.05) is 6.61 Å². The van der Waals surface area contributed by atoms with E-state index in [9.17, 15) is 15.2 Å². The summed E-state index contributed by atoms with van der Waals surface area (Å²) in [5.41, 5.74) is 4.58. The number of non-ortho nitro benzene ring substituents is 1. The number of nitro benzene ring substituents is 1. The molecule has 4 rings (SSSR count). The van der Waals surface area contributed by atoms with Crippen molar-refractivity contribution < 1.29 is 10.0 Å². The smallest absolute Gasteiger partial charge is 0.269 e. The summed E-state index contributed by atoms with van der Waals surface area (Å²) in [5.74, 6) is 0. The van der Waals surface area contributed by atoms with Gasteiger partial charge in [0.2, 0.25) is 0 Å². The summed E-state index contributed by atoms with van der Waals surface area (Å²) in [6.45, 7) is 1.95. The van der Waals surface area contributed by atoms with Crippen molar-refractivity contribution in [1.82, 2.24) is 9.61 Å². The molecule has 0 aliphatic carbocycles. The Bertz CT molecular complexity index is 1130. The van der Waals surface area contributed by atoms with E-state index in [0.29, 0.717) is 6.42 Å². The molecule has 0 atom stereocenters. The number of aryl methyl sites for hydroxylation is 1. The minimum atomic E-state index is -0.410. The predicted molar refractivity (Wildman–Crippen MR) is 100 cm³/mol. The van der Waals surface area contributed by atoms with Gasteiger partial charge in [0.15, 0.2) is 0 Å². The average molecular weight is 347 g/mol. The van der Waals surface area contributed by atoms with Crippen LogP contribution in [0, 0.1) is 17.0 Å². The van der Waals surface area contributed by atoms with Crippen molar-refractivity contribution in [3.05, 3.63) is 76.0 Å². The maximum Gasteiger partial charge on any atom is 0.269 e. The van der Waals surface area contributed by atoms with Gasteiger partial charge in [0.05, 0.1) is 21.8 Å². The first-order valence-corrected chi connectivity index (χ1v) is 8.36. The molecule has 0 bridgehead atoms. The summed E-state index contributed by atoms with van der Waals surface area (Å²) in [5, 5.41) is 27.4. The van der Waals surface area contributed by atoms with E-state index in [1.807, 2.05) is 41.8 Å². The average Bonchev–Trinajstić information content (AvgIpc) is 3.03. The van der Waals surface area contributed by atoms with Gasteiger partial charge in [0.1, 0.15) is 0 Å². The fourth-order valence-electron chi connectivity index (χ4n) is 3.49. The van der Waals surface area contributed by atoms with Crippen LogP contribution in [0.25, 0.3) is 27.5 Å². The van der Waals surface area contributed by atoms with Crippen LogP contribution >= 0.6 is 0 Å². The number of aliphatic hydroxyl groups is 1. The van der Waals surface area contributed by atoms with Gasteiger partial charge in [-0.3, -0.25) is 10.1 Å². The molecule has 6 heteroatoms. The molecule has 0 saturated carbocycles. The SMILES string of the molecule is Cc1cc2c3ccccc3c(CCO)c(-c3ccc([N+](=O)[O-])cc3)n2n1. The maximum absolute atomic E-state index is 11.0. The van der Waals surface area contributed by atoms with Crippen LogP contribution in [0.2, 0.25) is 0 Å². The van der Waals surface area contributed by atoms with E-state index in [1.165, 1.54) is 12.1 Å². The van der Waals surface area contributed by atoms with Crippen LogP contribution in [-0.4, -0.2) is 26.3 Å². The summed E-state index contributed by atoms with van der Waals surface area (Å²) in [6, 6.07) is 16.5. The van der Waals surface area contributed by atoms with Crippen LogP contribution in [0.5, 0.6) is 0 Å². The molecule has 0 unspecified atom stereocenters. The Morgan fingerprint density at radius 3 is 2.46 bits per heavy atom. The number of hydrogen-bond donors (Lipinski definition) is 1. The summed E-state index contributed by atoms with van der Waals surface area (Å²) in [7, 11) is 0. The highest BCUT2D eigenvalue weighted by Gasteiger charge is 2.18. The van der Waals surface area contributed by atoms with Gasteiger partial charge < -0.3 is 5.11 Å². The standard InChI is InChI=1S/C20H17N3O3/c1-13-12-19-17-5-3-2-4-16(17)18(10-11-24)20(22(19)21-13)14-6-8-15(9-7-14)23(25)26/h2-9,12,24H,10-11H2,1H3. The summed E-state index contributed by atoms with van der Waals surface area (Å²) < 4.78 is 1.88. The molecule has 130 valence electrons. The van der Waals surface area contributed by atoms with Crippen molar-refractivity contribution in [2.24, 2.45) is 0 Å². The predicted octanol–water partition coefficient (Wildman–Crippen LogP) is 3.91. The maximum atomic E-state index is 11.0. The molecule has 0 fully saturated rings. The van der Waals surface area contributed by atoms with Crippen LogP contribution in [0.4, 0.5) is 5.69 Å². The fraction of sp³-hybridized carbons (Fsp3) is 0.150. The number of benzene rings is 2. The van der Waals surface area contributed by atoms with Gasteiger partial charge in [-0.2, -0.15) is 5.10 Å². The lowest BCUT2D eigenvalue weighted by Crippen LogP contribution is -2.04. The van der Waals surface area contributed by atoms with Gasteiger partial charge in [-0.05, 0) is 42.5 Å². The van der Waals surface area contributed by atoms with Crippen LogP contribution in [0.1, 0.15) is 11.3 Å². The largest absolute Gasteiger partial charge is 0.396 e. The van der Waals surface area contributed by atoms with E-state index in [1.54, 1.807) is 12.1 Å². The lowest BCUT2D eigenvalue weighted by molar-refractivity contribution is -0.384. The lowest BCUT2D eigenvalue weighted by Gasteiger charge is -2.15. The second-order valence-electron chi connectivity index (χ2n) is 6.23. The van der Waals surface area contributed by atoms with Gasteiger partial charge in [0.25, 0.3) is 5.69 Å². The minimum absolute atomic E-state index is 0.00966. The van der Waals surface area contributed by atoms with Gasteiger partial charge >= 0.3 is 0 Å². The molecule has 6 nitrogen and oxygen atoms in total. The number of fused-ring (bicyclic) bond motifs is 3. The Balaban J connectivity index is 2.11. The number of nitro groups is 1. The second-order valence-corrected chi connectivity index (χ2v) is 6.23. The van der Waals surface area contributed by atoms with Crippen molar-refractivity contribution in [2.45, 2.75) is 13.3 Å². The van der Waals surface area contributed by atoms with Crippen LogP contribution in [0.3, 0.4) is 0 Å². The third-order valence-corrected chi connectivity index (χ3v) is 4.57. The molecular formula is C20H17N3O3. The van der Waals surface area contributed by atoms with Crippen molar-refractivity contribution in [1.29, 1.82) is 0 Å². The van der Waals surface area contributed by atoms with E-state index in [4.69, 9.17) is 0 Å². The first-order valence-electron chi connectivity index (χ1n) is 8.36. The van der Waals surface area contributed by atoms with Crippen LogP contribution < -0.4 is 0 Å². The highest BCUT2D eigenvalue weighted by molar-refractivity contribution is 6.01. The molecule has 0 aliphatic heterocycles. The molecular weight excluding hydrogens is 330 g/mol. The first-order chi connectivity index (χ1) is 12.6. The normalized spacial score (nSPS) is 11.3. The minimum Gasteiger partial charge on any atom is -0.396 e. The van der Waals surface area contributed by atoms with Crippen LogP contribution in [-0.2, 0) is 6.42 Å². The van der Waals surface area contributed by atoms with E-state index < -0.39 is 4.92 Å². The topological polar surface area (TPSA) is 80.7 Å². The lowest BCUT2D eigenvalue weighted by atomic mass is 9.96. The molecule has 2 aromatic carbocycles. The van der Waals surface area contributed by atoms with Crippen molar-refractivity contribution in [3.63, 3.8) is 0 Å². The first kappa shape index (κ1) is 16.2. The number of rotatable bonds is 4. The Kier molecular flexibility index (Phi) is 3.89. The summed E-state index contributed by atoms with van der Waals surface area (Å²) in [6.07, 6.45) is 0.474. The Hall–Kier alpha value is -3.25. The van der Waals surface area contributed by atoms with Gasteiger partial charge in [-0.15, -0.1) is 0 Å². The monoisotopic (exact) mass is 347 g/mol. The number of aromatic nitrogens is 2. The Morgan fingerprint density at radius 2 is 1.81 bits per heavy atom. The third kappa shape index (κ3) is 2.51. The molecule has 1 N–H and O–H groups in total. The zero-order valence-electron chi connectivity index (χ0n) is 14.2. The molecule has 26 heavy (non-hydrogen) atoms. The molecule has 0 spiro atoms. The van der Waals surface area contributed by atoms with E-state index >= 15 is 0 Å². The molecule has 0 aliphatic rings. The fourth-order valence-corrected chi connectivity index (χ4v) is 3.49. The zero-order chi connectivity index (χ0) is 18.3. The molecule has 4 aromatic rings. The van der Waals surface area contributed by atoms with E-state index in [2.05, 4.69) is 5.10 Å². The summed E-state index contributed by atoms with van der Waals surface area (Å²) in [4.78, 5) is 10.6. The van der Waals surface area contributed by atoms with Crippen molar-refractivity contribution >= 4 is 22.0 Å². The number of pyridine rings is 1. The van der Waals surface area contributed by atoms with Crippen molar-refractivity contribution in [3.8, 4) is 11.3 Å². The molecule has 0 radical (unpaired) electrons. The Morgan fingerprint density at radius 1 is 1.12 bits per heavy atom. The molecule has 2 heterocycles. The van der Waals surface area contributed by atoms with E-state index in [-0.39, 0.29) is 12.3 Å². The van der Waals surface area contributed by atoms with Gasteiger partial charge in [0, 0.05) is 29.7 Å². The number of aliphatic hydroxyl groups excluding tert-OH is 1. The highest BCUT2D eigenvalue weighted by atomic mass is 16.6. The second kappa shape index (κ2) is 6.24. The van der Waals surface area contributed by atoms with Crippen LogP contribution in [0.15, 0.2) is 54.6 Å². The Labute approximate surface area is 149 Å². The van der Waals surface area contributed by atoms with Gasteiger partial charge in [-0.1, -0.05) is 24.3 Å². The van der Waals surface area contributed by atoms with E-state index in [0.717, 1.165) is 38.8 Å². The molecule has 0 amide bonds. The third-order valence-electron chi connectivity index (χ3n) is 4.57. The number of hydrogen-bond acceptors (Lipinski definition) is 4. The van der Waals surface area contributed by atoms with Gasteiger partial charge in [-0.25, -0.2) is 4.52 Å². The molecule has 0 saturated heterocycles. The highest BCUT2D eigenvalue weighted by Crippen LogP contribution is 2.34. The quantitative estimate of drug-likeness (QED) is 0.448. The molecule has 2 aromatic heterocycles.